The van der Waals surface area contributed by atoms with Gasteiger partial charge in [0, 0.05) is 17.1 Å². The molecule has 0 saturated carbocycles. The topological polar surface area (TPSA) is 80.6 Å². The first-order chi connectivity index (χ1) is 15.7. The van der Waals surface area contributed by atoms with Gasteiger partial charge in [0.05, 0.1) is 12.8 Å². The summed E-state index contributed by atoms with van der Waals surface area (Å²) in [4.78, 5) is 39.2. The highest BCUT2D eigenvalue weighted by molar-refractivity contribution is 6.39. The number of amides is 4. The van der Waals surface area contributed by atoms with Crippen LogP contribution < -0.4 is 15.0 Å². The van der Waals surface area contributed by atoms with Gasteiger partial charge < -0.3 is 9.30 Å². The molecule has 2 aromatic carbocycles. The molecule has 1 aliphatic heterocycles. The monoisotopic (exact) mass is 443 g/mol. The zero-order valence-electron chi connectivity index (χ0n) is 19.2. The third-order valence-electron chi connectivity index (χ3n) is 5.67. The SMILES string of the molecule is COc1ccc(N2C(=O)NC(=O)C(=Cc3cc(C)n(-c4cc(C)cc(C)c4)c3C)C2=O)cc1. The van der Waals surface area contributed by atoms with E-state index in [1.165, 1.54) is 7.11 Å². The van der Waals surface area contributed by atoms with Crippen molar-refractivity contribution in [3.05, 3.63) is 82.2 Å². The van der Waals surface area contributed by atoms with Crippen molar-refractivity contribution in [2.45, 2.75) is 27.7 Å². The number of carbonyl (C=O) groups is 3. The van der Waals surface area contributed by atoms with Crippen LogP contribution in [0.4, 0.5) is 10.5 Å². The van der Waals surface area contributed by atoms with Crippen LogP contribution in [0.1, 0.15) is 28.1 Å². The van der Waals surface area contributed by atoms with E-state index in [-0.39, 0.29) is 5.57 Å². The predicted octanol–water partition coefficient (Wildman–Crippen LogP) is 4.39. The number of urea groups is 1. The molecule has 1 fully saturated rings. The first kappa shape index (κ1) is 22.1. The van der Waals surface area contributed by atoms with Gasteiger partial charge in [-0.2, -0.15) is 0 Å². The molecule has 4 amide bonds. The Morgan fingerprint density at radius 2 is 1.48 bits per heavy atom. The van der Waals surface area contributed by atoms with Gasteiger partial charge in [-0.05, 0) is 92.9 Å². The number of hydrogen-bond acceptors (Lipinski definition) is 4. The molecule has 1 aliphatic rings. The minimum absolute atomic E-state index is 0.105. The molecule has 2 heterocycles. The Kier molecular flexibility index (Phi) is 5.64. The van der Waals surface area contributed by atoms with Crippen LogP contribution in [0, 0.1) is 27.7 Å². The number of hydrogen-bond donors (Lipinski definition) is 1. The summed E-state index contributed by atoms with van der Waals surface area (Å²) in [6, 6.07) is 13.9. The van der Waals surface area contributed by atoms with Gasteiger partial charge in [-0.1, -0.05) is 6.07 Å². The Labute approximate surface area is 192 Å². The van der Waals surface area contributed by atoms with Crippen LogP contribution >= 0.6 is 0 Å². The molecule has 7 heteroatoms. The molecule has 1 N–H and O–H groups in total. The Balaban J connectivity index is 1.75. The third-order valence-corrected chi connectivity index (χ3v) is 5.67. The summed E-state index contributed by atoms with van der Waals surface area (Å²) >= 11 is 0. The molecular weight excluding hydrogens is 418 g/mol. The normalized spacial score (nSPS) is 15.2. The zero-order chi connectivity index (χ0) is 23.9. The van der Waals surface area contributed by atoms with Gasteiger partial charge in [0.1, 0.15) is 11.3 Å². The molecule has 3 aromatic rings. The lowest BCUT2D eigenvalue weighted by Gasteiger charge is -2.26. The minimum Gasteiger partial charge on any atom is -0.497 e. The van der Waals surface area contributed by atoms with E-state index >= 15 is 0 Å². The number of ether oxygens (including phenoxy) is 1. The number of imide groups is 2. The number of aryl methyl sites for hydroxylation is 3. The lowest BCUT2D eigenvalue weighted by molar-refractivity contribution is -0.122. The van der Waals surface area contributed by atoms with E-state index in [4.69, 9.17) is 4.74 Å². The predicted molar refractivity (Wildman–Crippen MR) is 127 cm³/mol. The van der Waals surface area contributed by atoms with E-state index in [1.54, 1.807) is 30.3 Å². The number of carbonyl (C=O) groups excluding carboxylic acids is 3. The molecule has 0 bridgehead atoms. The molecule has 33 heavy (non-hydrogen) atoms. The van der Waals surface area contributed by atoms with Gasteiger partial charge in [-0.3, -0.25) is 14.9 Å². The highest BCUT2D eigenvalue weighted by Crippen LogP contribution is 2.27. The highest BCUT2D eigenvalue weighted by atomic mass is 16.5. The summed E-state index contributed by atoms with van der Waals surface area (Å²) in [7, 11) is 1.53. The largest absolute Gasteiger partial charge is 0.497 e. The summed E-state index contributed by atoms with van der Waals surface area (Å²) in [5, 5.41) is 2.27. The maximum Gasteiger partial charge on any atom is 0.335 e. The zero-order valence-corrected chi connectivity index (χ0v) is 19.2. The number of anilines is 1. The van der Waals surface area contributed by atoms with E-state index in [2.05, 4.69) is 28.1 Å². The van der Waals surface area contributed by atoms with Gasteiger partial charge in [0.15, 0.2) is 0 Å². The number of nitrogens with zero attached hydrogens (tertiary/aromatic N) is 2. The summed E-state index contributed by atoms with van der Waals surface area (Å²) < 4.78 is 7.22. The van der Waals surface area contributed by atoms with Crippen molar-refractivity contribution < 1.29 is 19.1 Å². The molecule has 0 spiro atoms. The van der Waals surface area contributed by atoms with Gasteiger partial charge in [0.25, 0.3) is 11.8 Å². The van der Waals surface area contributed by atoms with Gasteiger partial charge in [-0.25, -0.2) is 9.69 Å². The Hall–Kier alpha value is -4.13. The molecule has 168 valence electrons. The smallest absolute Gasteiger partial charge is 0.335 e. The second kappa shape index (κ2) is 8.43. The summed E-state index contributed by atoms with van der Waals surface area (Å²) in [6.45, 7) is 8.00. The average molecular weight is 444 g/mol. The number of barbiturate groups is 1. The second-order valence-corrected chi connectivity index (χ2v) is 8.16. The van der Waals surface area contributed by atoms with Crippen molar-refractivity contribution in [2.75, 3.05) is 12.0 Å². The van der Waals surface area contributed by atoms with Crippen LogP contribution in [0.5, 0.6) is 5.75 Å². The van der Waals surface area contributed by atoms with Gasteiger partial charge >= 0.3 is 6.03 Å². The fourth-order valence-corrected chi connectivity index (χ4v) is 4.19. The molecular formula is C26H25N3O4. The van der Waals surface area contributed by atoms with Crippen LogP contribution in [-0.2, 0) is 9.59 Å². The first-order valence-electron chi connectivity index (χ1n) is 10.5. The number of aromatic nitrogens is 1. The molecule has 4 rings (SSSR count). The number of nitrogens with one attached hydrogen (secondary N) is 1. The molecule has 1 aromatic heterocycles. The number of methoxy groups -OCH3 is 1. The second-order valence-electron chi connectivity index (χ2n) is 8.16. The Morgan fingerprint density at radius 3 is 2.09 bits per heavy atom. The van der Waals surface area contributed by atoms with E-state index in [0.29, 0.717) is 11.4 Å². The summed E-state index contributed by atoms with van der Waals surface area (Å²) in [6.07, 6.45) is 1.54. The molecule has 1 saturated heterocycles. The summed E-state index contributed by atoms with van der Waals surface area (Å²) in [5.74, 6) is -0.801. The molecule has 0 atom stereocenters. The van der Waals surface area contributed by atoms with Crippen LogP contribution in [0.3, 0.4) is 0 Å². The first-order valence-corrected chi connectivity index (χ1v) is 10.5. The van der Waals surface area contributed by atoms with Crippen LogP contribution in [0.15, 0.2) is 54.1 Å². The van der Waals surface area contributed by atoms with E-state index in [0.717, 1.165) is 38.7 Å². The van der Waals surface area contributed by atoms with Crippen LogP contribution in [0.2, 0.25) is 0 Å². The van der Waals surface area contributed by atoms with Crippen molar-refractivity contribution in [1.29, 1.82) is 0 Å². The lowest BCUT2D eigenvalue weighted by Crippen LogP contribution is -2.54. The number of benzene rings is 2. The maximum atomic E-state index is 13.2. The van der Waals surface area contributed by atoms with Gasteiger partial charge in [0.2, 0.25) is 0 Å². The number of rotatable bonds is 4. The van der Waals surface area contributed by atoms with Crippen molar-refractivity contribution in [3.63, 3.8) is 0 Å². The van der Waals surface area contributed by atoms with Crippen molar-refractivity contribution in [3.8, 4) is 11.4 Å². The van der Waals surface area contributed by atoms with Gasteiger partial charge in [-0.15, -0.1) is 0 Å². The molecule has 0 radical (unpaired) electrons. The minimum atomic E-state index is -0.784. The van der Waals surface area contributed by atoms with Crippen molar-refractivity contribution in [1.82, 2.24) is 9.88 Å². The fraction of sp³-hybridized carbons (Fsp3) is 0.192. The average Bonchev–Trinajstić information content (AvgIpc) is 3.03. The quantitative estimate of drug-likeness (QED) is 0.479. The standard InChI is InChI=1S/C26H25N3O4/c1-15-10-16(2)12-21(11-15)28-17(3)13-19(18(28)4)14-23-24(30)27-26(32)29(25(23)31)20-6-8-22(33-5)9-7-20/h6-14H,1-5H3,(H,27,30,32). The molecule has 7 nitrogen and oxygen atoms in total. The maximum absolute atomic E-state index is 13.2. The van der Waals surface area contributed by atoms with E-state index in [9.17, 15) is 14.4 Å². The van der Waals surface area contributed by atoms with Crippen LogP contribution in [-0.4, -0.2) is 29.5 Å². The fourth-order valence-electron chi connectivity index (χ4n) is 4.19. The molecule has 0 unspecified atom stereocenters. The Morgan fingerprint density at radius 1 is 0.848 bits per heavy atom. The Bertz CT molecular complexity index is 1300. The van der Waals surface area contributed by atoms with Crippen molar-refractivity contribution in [2.24, 2.45) is 0 Å². The highest BCUT2D eigenvalue weighted by Gasteiger charge is 2.37. The third kappa shape index (κ3) is 4.05. The van der Waals surface area contributed by atoms with E-state index in [1.807, 2.05) is 33.8 Å². The van der Waals surface area contributed by atoms with Crippen molar-refractivity contribution >= 4 is 29.6 Å². The van der Waals surface area contributed by atoms with Crippen LogP contribution in [0.25, 0.3) is 11.8 Å². The van der Waals surface area contributed by atoms with E-state index < -0.39 is 17.8 Å². The molecule has 0 aliphatic carbocycles. The summed E-state index contributed by atoms with van der Waals surface area (Å²) in [5.41, 5.74) is 6.13. The lowest BCUT2D eigenvalue weighted by atomic mass is 10.1.